The Morgan fingerprint density at radius 3 is 2.29 bits per heavy atom. The predicted molar refractivity (Wildman–Crippen MR) is 109 cm³/mol. The van der Waals surface area contributed by atoms with E-state index in [1.54, 1.807) is 30.5 Å². The first-order valence-corrected chi connectivity index (χ1v) is 10.1. The molecule has 0 spiro atoms. The number of aromatic nitrogens is 1. The van der Waals surface area contributed by atoms with Gasteiger partial charge < -0.3 is 14.8 Å². The first-order chi connectivity index (χ1) is 13.5. The van der Waals surface area contributed by atoms with E-state index in [-0.39, 0.29) is 4.90 Å². The molecule has 3 rings (SSSR count). The Morgan fingerprint density at radius 2 is 1.64 bits per heavy atom. The molecule has 0 fully saturated rings. The normalized spacial score (nSPS) is 10.9. The van der Waals surface area contributed by atoms with Crippen LogP contribution in [0.25, 0.3) is 0 Å². The smallest absolute Gasteiger partial charge is 0.262 e. The molecule has 0 unspecified atom stereocenters. The highest BCUT2D eigenvalue weighted by Gasteiger charge is 2.16. The van der Waals surface area contributed by atoms with Gasteiger partial charge in [0.15, 0.2) is 5.82 Å². The first kappa shape index (κ1) is 19.5. The molecule has 1 heterocycles. The monoisotopic (exact) mass is 399 g/mol. The lowest BCUT2D eigenvalue weighted by Crippen LogP contribution is -2.14. The van der Waals surface area contributed by atoms with Crippen LogP contribution >= 0.6 is 0 Å². The molecule has 146 valence electrons. The lowest BCUT2D eigenvalue weighted by atomic mass is 10.3. The highest BCUT2D eigenvalue weighted by Crippen LogP contribution is 2.27. The number of rotatable bonds is 8. The zero-order chi connectivity index (χ0) is 20.0. The second-order valence-corrected chi connectivity index (χ2v) is 7.45. The summed E-state index contributed by atoms with van der Waals surface area (Å²) >= 11 is 0. The lowest BCUT2D eigenvalue weighted by Gasteiger charge is -2.14. The van der Waals surface area contributed by atoms with Crippen molar-refractivity contribution in [1.29, 1.82) is 0 Å². The number of hydrogen-bond donors (Lipinski definition) is 2. The van der Waals surface area contributed by atoms with Crippen LogP contribution < -0.4 is 19.5 Å². The number of methoxy groups -OCH3 is 1. The summed E-state index contributed by atoms with van der Waals surface area (Å²) in [6.07, 6.45) is 1.59. The van der Waals surface area contributed by atoms with E-state index < -0.39 is 10.0 Å². The van der Waals surface area contributed by atoms with Crippen LogP contribution in [0.5, 0.6) is 11.5 Å². The zero-order valence-corrected chi connectivity index (χ0v) is 16.4. The number of nitrogens with one attached hydrogen (secondary N) is 2. The molecule has 28 heavy (non-hydrogen) atoms. The standard InChI is InChI=1S/C20H21N3O4S/c1-3-27-17-8-6-15(7-9-17)22-20-19(5-4-14-21-20)23-28(24,25)18-12-10-16(26-2)11-13-18/h4-14,23H,3H2,1-2H3,(H,21,22). The van der Waals surface area contributed by atoms with E-state index in [1.807, 2.05) is 31.2 Å². The molecule has 3 aromatic rings. The average Bonchev–Trinajstić information content (AvgIpc) is 2.71. The van der Waals surface area contributed by atoms with E-state index in [0.717, 1.165) is 11.4 Å². The Hall–Kier alpha value is -3.26. The van der Waals surface area contributed by atoms with Crippen molar-refractivity contribution in [2.45, 2.75) is 11.8 Å². The maximum Gasteiger partial charge on any atom is 0.262 e. The molecule has 2 aromatic carbocycles. The number of sulfonamides is 1. The van der Waals surface area contributed by atoms with Gasteiger partial charge in [0.05, 0.1) is 24.3 Å². The summed E-state index contributed by atoms with van der Waals surface area (Å²) in [5.74, 6) is 1.73. The molecule has 0 amide bonds. The highest BCUT2D eigenvalue weighted by atomic mass is 32.2. The van der Waals surface area contributed by atoms with Gasteiger partial charge in [-0.15, -0.1) is 0 Å². The predicted octanol–water partition coefficient (Wildman–Crippen LogP) is 4.03. The minimum atomic E-state index is -3.77. The number of hydrogen-bond acceptors (Lipinski definition) is 6. The summed E-state index contributed by atoms with van der Waals surface area (Å²) in [6, 6.07) is 16.8. The van der Waals surface area contributed by atoms with Gasteiger partial charge in [-0.2, -0.15) is 0 Å². The molecular weight excluding hydrogens is 378 g/mol. The molecule has 0 bridgehead atoms. The number of benzene rings is 2. The minimum Gasteiger partial charge on any atom is -0.497 e. The van der Waals surface area contributed by atoms with Gasteiger partial charge in [0.25, 0.3) is 10.0 Å². The van der Waals surface area contributed by atoms with Crippen LogP contribution in [0.4, 0.5) is 17.2 Å². The van der Waals surface area contributed by atoms with Crippen LogP contribution in [-0.2, 0) is 10.0 Å². The van der Waals surface area contributed by atoms with Crippen LogP contribution in [0.15, 0.2) is 71.8 Å². The maximum absolute atomic E-state index is 12.7. The van der Waals surface area contributed by atoms with Gasteiger partial charge >= 0.3 is 0 Å². The van der Waals surface area contributed by atoms with Crippen molar-refractivity contribution in [3.05, 3.63) is 66.9 Å². The van der Waals surface area contributed by atoms with Gasteiger partial charge in [-0.3, -0.25) is 4.72 Å². The zero-order valence-electron chi connectivity index (χ0n) is 15.5. The largest absolute Gasteiger partial charge is 0.497 e. The van der Waals surface area contributed by atoms with Crippen molar-refractivity contribution in [3.63, 3.8) is 0 Å². The van der Waals surface area contributed by atoms with Crippen LogP contribution in [0.2, 0.25) is 0 Å². The molecular formula is C20H21N3O4S. The minimum absolute atomic E-state index is 0.129. The Bertz CT molecular complexity index is 1020. The molecule has 8 heteroatoms. The fraction of sp³-hybridized carbons (Fsp3) is 0.150. The second-order valence-electron chi connectivity index (χ2n) is 5.76. The molecule has 7 nitrogen and oxygen atoms in total. The van der Waals surface area contributed by atoms with E-state index in [9.17, 15) is 8.42 Å². The van der Waals surface area contributed by atoms with E-state index in [1.165, 1.54) is 19.2 Å². The van der Waals surface area contributed by atoms with Crippen LogP contribution in [-0.4, -0.2) is 27.1 Å². The van der Waals surface area contributed by atoms with Gasteiger partial charge in [-0.1, -0.05) is 0 Å². The molecule has 1 aromatic heterocycles. The molecule has 0 aliphatic carbocycles. The molecule has 0 radical (unpaired) electrons. The van der Waals surface area contributed by atoms with Gasteiger partial charge in [0.1, 0.15) is 11.5 Å². The SMILES string of the molecule is CCOc1ccc(Nc2ncccc2NS(=O)(=O)c2ccc(OC)cc2)cc1. The molecule has 0 aliphatic heterocycles. The third-order valence-electron chi connectivity index (χ3n) is 3.85. The fourth-order valence-electron chi connectivity index (χ4n) is 2.48. The van der Waals surface area contributed by atoms with E-state index >= 15 is 0 Å². The highest BCUT2D eigenvalue weighted by molar-refractivity contribution is 7.92. The summed E-state index contributed by atoms with van der Waals surface area (Å²) in [6.45, 7) is 2.51. The van der Waals surface area contributed by atoms with Crippen molar-refractivity contribution in [3.8, 4) is 11.5 Å². The van der Waals surface area contributed by atoms with E-state index in [4.69, 9.17) is 9.47 Å². The molecule has 0 saturated carbocycles. The number of anilines is 3. The molecule has 0 atom stereocenters. The summed E-state index contributed by atoms with van der Waals surface area (Å²) < 4.78 is 38.5. The van der Waals surface area contributed by atoms with Crippen molar-refractivity contribution in [1.82, 2.24) is 4.98 Å². The third kappa shape index (κ3) is 4.72. The van der Waals surface area contributed by atoms with Gasteiger partial charge in [0, 0.05) is 11.9 Å². The van der Waals surface area contributed by atoms with Gasteiger partial charge in [0.2, 0.25) is 0 Å². The molecule has 0 aliphatic rings. The van der Waals surface area contributed by atoms with Crippen molar-refractivity contribution in [2.24, 2.45) is 0 Å². The van der Waals surface area contributed by atoms with Crippen LogP contribution in [0, 0.1) is 0 Å². The number of pyridine rings is 1. The summed E-state index contributed by atoms with van der Waals surface area (Å²) in [7, 11) is -2.25. The Kier molecular flexibility index (Phi) is 6.00. The summed E-state index contributed by atoms with van der Waals surface area (Å²) in [4.78, 5) is 4.38. The quantitative estimate of drug-likeness (QED) is 0.594. The Labute approximate surface area is 164 Å². The lowest BCUT2D eigenvalue weighted by molar-refractivity contribution is 0.340. The Morgan fingerprint density at radius 1 is 0.964 bits per heavy atom. The van der Waals surface area contributed by atoms with E-state index in [2.05, 4.69) is 15.0 Å². The van der Waals surface area contributed by atoms with Crippen molar-refractivity contribution >= 4 is 27.2 Å². The van der Waals surface area contributed by atoms with Gasteiger partial charge in [-0.25, -0.2) is 13.4 Å². The van der Waals surface area contributed by atoms with Crippen molar-refractivity contribution in [2.75, 3.05) is 23.8 Å². The number of nitrogens with zero attached hydrogens (tertiary/aromatic N) is 1. The first-order valence-electron chi connectivity index (χ1n) is 8.63. The topological polar surface area (TPSA) is 89.5 Å². The number of ether oxygens (including phenoxy) is 2. The maximum atomic E-state index is 12.7. The summed E-state index contributed by atoms with van der Waals surface area (Å²) in [5, 5.41) is 3.12. The average molecular weight is 399 g/mol. The van der Waals surface area contributed by atoms with Gasteiger partial charge in [-0.05, 0) is 67.6 Å². The third-order valence-corrected chi connectivity index (χ3v) is 5.23. The molecule has 2 N–H and O–H groups in total. The Balaban J connectivity index is 1.81. The van der Waals surface area contributed by atoms with Crippen LogP contribution in [0.3, 0.4) is 0 Å². The van der Waals surface area contributed by atoms with Crippen molar-refractivity contribution < 1.29 is 17.9 Å². The van der Waals surface area contributed by atoms with E-state index in [0.29, 0.717) is 23.9 Å². The fourth-order valence-corrected chi connectivity index (χ4v) is 3.55. The van der Waals surface area contributed by atoms with Crippen LogP contribution in [0.1, 0.15) is 6.92 Å². The second kappa shape index (κ2) is 8.62. The summed E-state index contributed by atoms with van der Waals surface area (Å²) in [5.41, 5.74) is 1.10. The molecule has 0 saturated heterocycles.